The lowest BCUT2D eigenvalue weighted by molar-refractivity contribution is -0.350. The number of carbonyl (C=O) groups is 1. The summed E-state index contributed by atoms with van der Waals surface area (Å²) in [5.41, 5.74) is 3.61. The van der Waals surface area contributed by atoms with Gasteiger partial charge in [0.05, 0.1) is 50.4 Å². The van der Waals surface area contributed by atoms with Crippen molar-refractivity contribution in [3.63, 3.8) is 0 Å². The number of fused-ring (bicyclic) bond motifs is 4. The summed E-state index contributed by atoms with van der Waals surface area (Å²) in [5.74, 6) is 1.35. The van der Waals surface area contributed by atoms with Crippen LogP contribution in [0.15, 0.2) is 36.4 Å². The highest BCUT2D eigenvalue weighted by Crippen LogP contribution is 2.57. The van der Waals surface area contributed by atoms with Gasteiger partial charge >= 0.3 is 5.97 Å². The molecule has 4 aliphatic heterocycles. The van der Waals surface area contributed by atoms with Gasteiger partial charge in [-0.25, -0.2) is 0 Å². The fourth-order valence-corrected chi connectivity index (χ4v) is 9.36. The van der Waals surface area contributed by atoms with Crippen LogP contribution in [-0.4, -0.2) is 58.7 Å². The highest BCUT2D eigenvalue weighted by atomic mass is 79.9. The SMILES string of the molecule is COc1cc([C@@H]2c3cc4c(cc3[C@@H](OC3OC5COC(c6ccc(CBr)s6)OC5C(C)C3C)[C@H]3COC(=O)[C@H]23)OCO4)cc(OC)c1C. The van der Waals surface area contributed by atoms with E-state index in [0.717, 1.165) is 32.5 Å². The normalized spacial score (nSPS) is 33.4. The molecule has 3 fully saturated rings. The second kappa shape index (κ2) is 12.8. The van der Waals surface area contributed by atoms with Crippen LogP contribution in [0.25, 0.3) is 0 Å². The van der Waals surface area contributed by atoms with Crippen LogP contribution in [0, 0.1) is 30.6 Å². The molecular formula is C36H39BrO10S. The van der Waals surface area contributed by atoms with Crippen LogP contribution in [0.4, 0.5) is 0 Å². The Morgan fingerprint density at radius 3 is 2.33 bits per heavy atom. The molecule has 12 heteroatoms. The fourth-order valence-electron chi connectivity index (χ4n) is 7.98. The zero-order valence-electron chi connectivity index (χ0n) is 27.4. The van der Waals surface area contributed by atoms with Gasteiger partial charge in [0.15, 0.2) is 24.1 Å². The van der Waals surface area contributed by atoms with E-state index in [4.69, 9.17) is 42.6 Å². The minimum Gasteiger partial charge on any atom is -0.496 e. The fraction of sp³-hybridized carbons (Fsp3) is 0.528. The zero-order chi connectivity index (χ0) is 33.3. The van der Waals surface area contributed by atoms with Crippen LogP contribution >= 0.6 is 27.3 Å². The minimum atomic E-state index is -0.567. The topological polar surface area (TPSA) is 100 Å². The molecule has 1 aliphatic carbocycles. The molecule has 5 heterocycles. The standard InChI is InChI=1S/C36H39BrO10S/c1-16-17(2)35(45-28-14-42-36(46-32(16)28)29-7-6-20(12-37)48-29)47-33-22-11-27-26(43-15-44-27)10-21(22)30(31-23(33)13-41-34(31)38)19-8-24(39-4)18(3)25(9-19)40-5/h6-11,16-17,23,28,30-33,35-36H,12-15H2,1-5H3/t16?,17?,23-,28?,30+,31-,32?,33+,35?,36?/m0/s1. The lowest BCUT2D eigenvalue weighted by atomic mass is 9.66. The number of alkyl halides is 1. The summed E-state index contributed by atoms with van der Waals surface area (Å²) in [7, 11) is 3.27. The Bertz CT molecular complexity index is 1680. The number of esters is 1. The van der Waals surface area contributed by atoms with Crippen LogP contribution in [0.5, 0.6) is 23.0 Å². The van der Waals surface area contributed by atoms with Crippen molar-refractivity contribution in [1.29, 1.82) is 0 Å². The van der Waals surface area contributed by atoms with E-state index < -0.39 is 24.6 Å². The number of halogens is 1. The third-order valence-electron chi connectivity index (χ3n) is 10.7. The molecule has 6 unspecified atom stereocenters. The van der Waals surface area contributed by atoms with Crippen LogP contribution in [0.3, 0.4) is 0 Å². The Hall–Kier alpha value is -2.87. The van der Waals surface area contributed by atoms with Gasteiger partial charge in [-0.1, -0.05) is 29.8 Å². The number of carbonyl (C=O) groups excluding carboxylic acids is 1. The number of ether oxygens (including phenoxy) is 9. The summed E-state index contributed by atoms with van der Waals surface area (Å²) >= 11 is 5.22. The summed E-state index contributed by atoms with van der Waals surface area (Å²) in [6.45, 7) is 7.02. The number of methoxy groups -OCH3 is 2. The van der Waals surface area contributed by atoms with E-state index in [-0.39, 0.29) is 55.2 Å². The second-order valence-electron chi connectivity index (χ2n) is 13.2. The van der Waals surface area contributed by atoms with E-state index in [9.17, 15) is 4.79 Å². The van der Waals surface area contributed by atoms with E-state index in [2.05, 4.69) is 41.9 Å². The van der Waals surface area contributed by atoms with Gasteiger partial charge in [-0.3, -0.25) is 4.79 Å². The van der Waals surface area contributed by atoms with E-state index in [1.54, 1.807) is 25.6 Å². The summed E-state index contributed by atoms with van der Waals surface area (Å²) in [4.78, 5) is 15.9. The van der Waals surface area contributed by atoms with E-state index in [0.29, 0.717) is 29.6 Å². The maximum absolute atomic E-state index is 13.7. The van der Waals surface area contributed by atoms with Crippen LogP contribution in [0.1, 0.15) is 64.2 Å². The van der Waals surface area contributed by atoms with Gasteiger partial charge < -0.3 is 42.6 Å². The highest BCUT2D eigenvalue weighted by molar-refractivity contribution is 9.08. The molecule has 8 rings (SSSR count). The molecule has 0 saturated carbocycles. The average Bonchev–Trinajstić information content (AvgIpc) is 3.86. The Morgan fingerprint density at radius 1 is 0.917 bits per heavy atom. The smallest absolute Gasteiger partial charge is 0.310 e. The van der Waals surface area contributed by atoms with Gasteiger partial charge in [0, 0.05) is 33.5 Å². The lowest BCUT2D eigenvalue weighted by Gasteiger charge is -2.49. The molecule has 3 saturated heterocycles. The quantitative estimate of drug-likeness (QED) is 0.190. The molecule has 3 aromatic rings. The van der Waals surface area contributed by atoms with Crippen molar-refractivity contribution in [2.24, 2.45) is 23.7 Å². The van der Waals surface area contributed by atoms with Crippen molar-refractivity contribution in [3.05, 3.63) is 68.4 Å². The molecule has 1 aromatic heterocycles. The molecule has 10 nitrogen and oxygen atoms in total. The molecule has 5 aliphatic rings. The molecule has 48 heavy (non-hydrogen) atoms. The van der Waals surface area contributed by atoms with Crippen molar-refractivity contribution in [2.75, 3.05) is 34.2 Å². The molecule has 0 radical (unpaired) electrons. The van der Waals surface area contributed by atoms with Gasteiger partial charge in [0.25, 0.3) is 0 Å². The zero-order valence-corrected chi connectivity index (χ0v) is 29.8. The van der Waals surface area contributed by atoms with Crippen LogP contribution < -0.4 is 18.9 Å². The maximum Gasteiger partial charge on any atom is 0.310 e. The first-order valence-electron chi connectivity index (χ1n) is 16.3. The van der Waals surface area contributed by atoms with Crippen molar-refractivity contribution in [1.82, 2.24) is 0 Å². The average molecular weight is 744 g/mol. The number of rotatable bonds is 7. The minimum absolute atomic E-state index is 0.0104. The third-order valence-corrected chi connectivity index (χ3v) is 12.8. The van der Waals surface area contributed by atoms with Crippen molar-refractivity contribution >= 4 is 33.2 Å². The number of benzene rings is 2. The molecule has 0 amide bonds. The number of hydrogen-bond donors (Lipinski definition) is 0. The molecule has 0 bridgehead atoms. The number of thiophene rings is 1. The Labute approximate surface area is 292 Å². The monoisotopic (exact) mass is 742 g/mol. The van der Waals surface area contributed by atoms with Gasteiger partial charge in [0.2, 0.25) is 6.79 Å². The number of cyclic esters (lactones) is 1. The van der Waals surface area contributed by atoms with E-state index >= 15 is 0 Å². The molecule has 10 atom stereocenters. The highest BCUT2D eigenvalue weighted by Gasteiger charge is 2.55. The third kappa shape index (κ3) is 5.30. The summed E-state index contributed by atoms with van der Waals surface area (Å²) in [5, 5.41) is 0.797. The molecule has 0 spiro atoms. The van der Waals surface area contributed by atoms with Crippen LogP contribution in [0.2, 0.25) is 0 Å². The van der Waals surface area contributed by atoms with Gasteiger partial charge in [0.1, 0.15) is 17.6 Å². The van der Waals surface area contributed by atoms with Crippen molar-refractivity contribution < 1.29 is 47.4 Å². The maximum atomic E-state index is 13.7. The van der Waals surface area contributed by atoms with Crippen molar-refractivity contribution in [2.45, 2.75) is 62.9 Å². The Morgan fingerprint density at radius 2 is 1.65 bits per heavy atom. The first-order chi connectivity index (χ1) is 23.3. The molecule has 256 valence electrons. The van der Waals surface area contributed by atoms with Gasteiger partial charge in [-0.15, -0.1) is 11.3 Å². The van der Waals surface area contributed by atoms with Gasteiger partial charge in [-0.05, 0) is 65.9 Å². The summed E-state index contributed by atoms with van der Waals surface area (Å²) < 4.78 is 55.4. The predicted octanol–water partition coefficient (Wildman–Crippen LogP) is 6.80. The largest absolute Gasteiger partial charge is 0.496 e. The summed E-state index contributed by atoms with van der Waals surface area (Å²) in [6.07, 6.45) is -1.94. The second-order valence-corrected chi connectivity index (χ2v) is 15.0. The van der Waals surface area contributed by atoms with Crippen LogP contribution in [-0.2, 0) is 33.8 Å². The Kier molecular flexibility index (Phi) is 8.61. The molecule has 0 N–H and O–H groups in total. The van der Waals surface area contributed by atoms with E-state index in [1.165, 1.54) is 4.88 Å². The first-order valence-corrected chi connectivity index (χ1v) is 18.3. The lowest BCUT2D eigenvalue weighted by Crippen LogP contribution is -2.56. The Balaban J connectivity index is 1.13. The number of hydrogen-bond acceptors (Lipinski definition) is 11. The molecular weight excluding hydrogens is 704 g/mol. The predicted molar refractivity (Wildman–Crippen MR) is 178 cm³/mol. The summed E-state index contributed by atoms with van der Waals surface area (Å²) in [6, 6.07) is 12.1. The molecule has 2 aromatic carbocycles. The first kappa shape index (κ1) is 32.3. The van der Waals surface area contributed by atoms with Crippen molar-refractivity contribution in [3.8, 4) is 23.0 Å². The van der Waals surface area contributed by atoms with E-state index in [1.807, 2.05) is 31.2 Å². The van der Waals surface area contributed by atoms with Gasteiger partial charge in [-0.2, -0.15) is 0 Å².